The molecule has 0 spiro atoms. The van der Waals surface area contributed by atoms with Gasteiger partial charge in [-0.1, -0.05) is 41.6 Å². The summed E-state index contributed by atoms with van der Waals surface area (Å²) in [6.45, 7) is 4.40. The van der Waals surface area contributed by atoms with Crippen LogP contribution in [-0.4, -0.2) is 5.78 Å². The van der Waals surface area contributed by atoms with Gasteiger partial charge >= 0.3 is 0 Å². The summed E-state index contributed by atoms with van der Waals surface area (Å²) in [5.74, 6) is 1.44. The van der Waals surface area contributed by atoms with Gasteiger partial charge in [-0.2, -0.15) is 0 Å². The SMILES string of the molecule is CC(C)=C[C@]12C3=C(Sc4ccccc4)CC[C@H]1C(=O)CC[C@H]2CC3. The minimum atomic E-state index is 0.0452. The van der Waals surface area contributed by atoms with Crippen molar-refractivity contribution in [2.45, 2.75) is 57.3 Å². The first kappa shape index (κ1) is 16.2. The summed E-state index contributed by atoms with van der Waals surface area (Å²) >= 11 is 1.95. The Morgan fingerprint density at radius 3 is 2.58 bits per heavy atom. The third-order valence-electron chi connectivity index (χ3n) is 6.15. The molecule has 3 atom stereocenters. The van der Waals surface area contributed by atoms with Gasteiger partial charge in [0.2, 0.25) is 0 Å². The van der Waals surface area contributed by atoms with Gasteiger partial charge in [-0.25, -0.2) is 0 Å². The lowest BCUT2D eigenvalue weighted by atomic mass is 9.56. The average molecular weight is 339 g/mol. The highest BCUT2D eigenvalue weighted by Crippen LogP contribution is 2.64. The van der Waals surface area contributed by atoms with Crippen molar-refractivity contribution in [2.24, 2.45) is 17.3 Å². The second-order valence-electron chi connectivity index (χ2n) is 7.80. The number of benzene rings is 1. The largest absolute Gasteiger partial charge is 0.299 e. The van der Waals surface area contributed by atoms with Gasteiger partial charge in [0.15, 0.2) is 0 Å². The van der Waals surface area contributed by atoms with Gasteiger partial charge in [-0.15, -0.1) is 0 Å². The van der Waals surface area contributed by atoms with Crippen LogP contribution in [0.15, 0.2) is 57.4 Å². The van der Waals surface area contributed by atoms with E-state index in [1.807, 2.05) is 11.8 Å². The number of carbonyl (C=O) groups is 1. The number of ketones is 1. The number of Topliss-reactive ketones (excluding diaryl/α,β-unsaturated/α-hetero) is 1. The summed E-state index contributed by atoms with van der Waals surface area (Å²) in [6, 6.07) is 10.7. The Hall–Kier alpha value is -1.28. The fraction of sp³-hybridized carbons (Fsp3) is 0.500. The molecule has 0 aromatic heterocycles. The molecule has 2 saturated carbocycles. The molecule has 3 aliphatic carbocycles. The predicted molar refractivity (Wildman–Crippen MR) is 101 cm³/mol. The Balaban J connectivity index is 1.81. The van der Waals surface area contributed by atoms with Gasteiger partial charge < -0.3 is 0 Å². The van der Waals surface area contributed by atoms with Crippen LogP contribution in [0.3, 0.4) is 0 Å². The zero-order chi connectivity index (χ0) is 16.7. The van der Waals surface area contributed by atoms with Gasteiger partial charge in [-0.3, -0.25) is 4.79 Å². The Bertz CT molecular complexity index is 711. The molecule has 0 aliphatic heterocycles. The molecule has 1 aromatic carbocycles. The van der Waals surface area contributed by atoms with E-state index in [0.717, 1.165) is 25.7 Å². The van der Waals surface area contributed by atoms with E-state index in [9.17, 15) is 4.79 Å². The standard InChI is InChI=1S/C22H26OS/c1-15(2)14-22-16-8-10-19(22)21(24-17-6-4-3-5-7-17)13-11-18(22)20(23)12-9-16/h3-7,14,16,18H,8-13H2,1-2H3/t16-,18+,22-/m1/s1. The van der Waals surface area contributed by atoms with Gasteiger partial charge in [-0.05, 0) is 74.5 Å². The van der Waals surface area contributed by atoms with Crippen molar-refractivity contribution in [1.82, 2.24) is 0 Å². The molecule has 126 valence electrons. The summed E-state index contributed by atoms with van der Waals surface area (Å²) in [7, 11) is 0. The Morgan fingerprint density at radius 2 is 1.83 bits per heavy atom. The molecule has 0 amide bonds. The van der Waals surface area contributed by atoms with E-state index in [0.29, 0.717) is 11.7 Å². The fourth-order valence-corrected chi connectivity index (χ4v) is 6.59. The second-order valence-corrected chi connectivity index (χ2v) is 8.97. The monoisotopic (exact) mass is 338 g/mol. The molecular weight excluding hydrogens is 312 g/mol. The first-order valence-electron chi connectivity index (χ1n) is 9.25. The van der Waals surface area contributed by atoms with E-state index in [1.54, 1.807) is 10.5 Å². The van der Waals surface area contributed by atoms with Crippen molar-refractivity contribution < 1.29 is 4.79 Å². The molecule has 0 saturated heterocycles. The lowest BCUT2D eigenvalue weighted by Crippen LogP contribution is -2.45. The van der Waals surface area contributed by atoms with Crippen LogP contribution in [0.1, 0.15) is 52.4 Å². The van der Waals surface area contributed by atoms with E-state index >= 15 is 0 Å². The van der Waals surface area contributed by atoms with Crippen LogP contribution in [0.25, 0.3) is 0 Å². The summed E-state index contributed by atoms with van der Waals surface area (Å²) in [5.41, 5.74) is 3.01. The van der Waals surface area contributed by atoms with E-state index in [-0.39, 0.29) is 11.3 Å². The van der Waals surface area contributed by atoms with E-state index in [2.05, 4.69) is 50.3 Å². The minimum Gasteiger partial charge on any atom is -0.299 e. The van der Waals surface area contributed by atoms with Crippen LogP contribution in [0.2, 0.25) is 0 Å². The Morgan fingerprint density at radius 1 is 1.08 bits per heavy atom. The Kier molecular flexibility index (Phi) is 4.20. The molecule has 0 radical (unpaired) electrons. The molecule has 2 fully saturated rings. The molecule has 24 heavy (non-hydrogen) atoms. The number of carbonyl (C=O) groups excluding carboxylic acids is 1. The van der Waals surface area contributed by atoms with Gasteiger partial charge in [0.05, 0.1) is 0 Å². The highest BCUT2D eigenvalue weighted by Gasteiger charge is 2.57. The van der Waals surface area contributed by atoms with Crippen LogP contribution < -0.4 is 0 Å². The number of hydrogen-bond donors (Lipinski definition) is 0. The predicted octanol–water partition coefficient (Wildman–Crippen LogP) is 6.17. The quantitative estimate of drug-likeness (QED) is 0.613. The normalized spacial score (nSPS) is 31.8. The average Bonchev–Trinajstić information content (AvgIpc) is 2.92. The molecule has 0 N–H and O–H groups in total. The highest BCUT2D eigenvalue weighted by atomic mass is 32.2. The van der Waals surface area contributed by atoms with Crippen LogP contribution in [0.5, 0.6) is 0 Å². The lowest BCUT2D eigenvalue weighted by molar-refractivity contribution is -0.130. The fourth-order valence-electron chi connectivity index (χ4n) is 5.39. The smallest absolute Gasteiger partial charge is 0.137 e. The topological polar surface area (TPSA) is 17.1 Å². The number of allylic oxidation sites excluding steroid dienone is 4. The molecule has 1 nitrogen and oxygen atoms in total. The summed E-state index contributed by atoms with van der Waals surface area (Å²) in [4.78, 5) is 15.6. The van der Waals surface area contributed by atoms with Gasteiger partial charge in [0.25, 0.3) is 0 Å². The maximum Gasteiger partial charge on any atom is 0.137 e. The van der Waals surface area contributed by atoms with E-state index < -0.39 is 0 Å². The van der Waals surface area contributed by atoms with Crippen molar-refractivity contribution in [3.05, 3.63) is 52.5 Å². The molecular formula is C22H26OS. The summed E-state index contributed by atoms with van der Waals surface area (Å²) in [6.07, 6.45) is 8.95. The molecule has 2 heteroatoms. The maximum absolute atomic E-state index is 12.7. The molecule has 3 aliphatic rings. The zero-order valence-electron chi connectivity index (χ0n) is 14.7. The second kappa shape index (κ2) is 6.22. The van der Waals surface area contributed by atoms with Crippen molar-refractivity contribution in [2.75, 3.05) is 0 Å². The highest BCUT2D eigenvalue weighted by molar-refractivity contribution is 8.03. The summed E-state index contributed by atoms with van der Waals surface area (Å²) in [5, 5.41) is 0. The molecule has 0 bridgehead atoms. The van der Waals surface area contributed by atoms with E-state index in [4.69, 9.17) is 0 Å². The first-order valence-corrected chi connectivity index (χ1v) is 10.1. The number of thioether (sulfide) groups is 1. The van der Waals surface area contributed by atoms with Gasteiger partial charge in [0.1, 0.15) is 5.78 Å². The Labute approximate surface area is 149 Å². The van der Waals surface area contributed by atoms with Crippen LogP contribution in [-0.2, 0) is 4.79 Å². The van der Waals surface area contributed by atoms with Crippen molar-refractivity contribution in [3.63, 3.8) is 0 Å². The molecule has 1 aromatic rings. The van der Waals surface area contributed by atoms with Crippen LogP contribution in [0, 0.1) is 17.3 Å². The number of hydrogen-bond acceptors (Lipinski definition) is 2. The van der Waals surface area contributed by atoms with Crippen molar-refractivity contribution in [1.29, 1.82) is 0 Å². The maximum atomic E-state index is 12.7. The van der Waals surface area contributed by atoms with Crippen molar-refractivity contribution >= 4 is 17.5 Å². The lowest BCUT2D eigenvalue weighted by Gasteiger charge is -2.48. The summed E-state index contributed by atoms with van der Waals surface area (Å²) < 4.78 is 0. The zero-order valence-corrected chi connectivity index (χ0v) is 15.5. The van der Waals surface area contributed by atoms with Gasteiger partial charge in [0, 0.05) is 22.6 Å². The first-order chi connectivity index (χ1) is 11.6. The molecule has 4 rings (SSSR count). The van der Waals surface area contributed by atoms with Crippen LogP contribution in [0.4, 0.5) is 0 Å². The molecule has 0 unspecified atom stereocenters. The number of rotatable bonds is 3. The van der Waals surface area contributed by atoms with Crippen molar-refractivity contribution in [3.8, 4) is 0 Å². The third-order valence-corrected chi connectivity index (χ3v) is 7.36. The molecule has 0 heterocycles. The van der Waals surface area contributed by atoms with E-state index in [1.165, 1.54) is 23.3 Å². The third kappa shape index (κ3) is 2.50. The minimum absolute atomic E-state index is 0.0452. The van der Waals surface area contributed by atoms with Crippen LogP contribution >= 0.6 is 11.8 Å².